The van der Waals surface area contributed by atoms with Gasteiger partial charge in [0.05, 0.1) is 30.3 Å². The molecule has 110 valence electrons. The lowest BCUT2D eigenvalue weighted by atomic mass is 9.95. The molecule has 0 saturated heterocycles. The molecule has 0 unspecified atom stereocenters. The Hall–Kier alpha value is -1.95. The highest BCUT2D eigenvalue weighted by molar-refractivity contribution is 5.99. The van der Waals surface area contributed by atoms with Crippen LogP contribution in [0.25, 0.3) is 0 Å². The minimum Gasteiger partial charge on any atom is -0.489 e. The zero-order valence-electron chi connectivity index (χ0n) is 12.2. The van der Waals surface area contributed by atoms with Crippen LogP contribution in [0.5, 0.6) is 5.75 Å². The molecular formula is C14H20N2O4. The molecule has 6 heteroatoms. The van der Waals surface area contributed by atoms with Gasteiger partial charge >= 0.3 is 0 Å². The quantitative estimate of drug-likeness (QED) is 0.636. The number of methoxy groups -OCH3 is 1. The van der Waals surface area contributed by atoms with Crippen molar-refractivity contribution in [3.63, 3.8) is 0 Å². The predicted octanol–water partition coefficient (Wildman–Crippen LogP) is 1.90. The molecular weight excluding hydrogens is 260 g/mol. The van der Waals surface area contributed by atoms with Gasteiger partial charge in [-0.2, -0.15) is 0 Å². The number of hydrogen-bond acceptors (Lipinski definition) is 5. The number of ether oxygens (including phenoxy) is 2. The van der Waals surface area contributed by atoms with Gasteiger partial charge in [-0.15, -0.1) is 0 Å². The van der Waals surface area contributed by atoms with E-state index in [0.717, 1.165) is 0 Å². The molecule has 0 aromatic carbocycles. The highest BCUT2D eigenvalue weighted by Crippen LogP contribution is 2.25. The number of amides is 1. The van der Waals surface area contributed by atoms with Crippen LogP contribution in [-0.4, -0.2) is 37.5 Å². The van der Waals surface area contributed by atoms with Gasteiger partial charge < -0.3 is 14.8 Å². The van der Waals surface area contributed by atoms with Gasteiger partial charge in [-0.3, -0.25) is 14.6 Å². The summed E-state index contributed by atoms with van der Waals surface area (Å²) in [6, 6.07) is 0. The van der Waals surface area contributed by atoms with E-state index in [9.17, 15) is 9.59 Å². The second-order valence-corrected chi connectivity index (χ2v) is 5.26. The van der Waals surface area contributed by atoms with E-state index in [2.05, 4.69) is 10.3 Å². The van der Waals surface area contributed by atoms with Crippen LogP contribution in [-0.2, 0) is 9.53 Å². The van der Waals surface area contributed by atoms with E-state index in [1.165, 1.54) is 12.4 Å². The molecule has 0 aliphatic heterocycles. The topological polar surface area (TPSA) is 77.5 Å². The van der Waals surface area contributed by atoms with Crippen LogP contribution in [0.4, 0.5) is 5.69 Å². The van der Waals surface area contributed by atoms with Gasteiger partial charge in [-0.05, 0) is 0 Å². The number of anilines is 1. The summed E-state index contributed by atoms with van der Waals surface area (Å²) in [6.45, 7) is 6.06. The zero-order chi connectivity index (χ0) is 15.2. The molecule has 1 aromatic heterocycles. The number of nitrogens with one attached hydrogen (secondary N) is 1. The molecule has 0 fully saturated rings. The molecule has 1 N–H and O–H groups in total. The molecule has 0 aliphatic rings. The molecule has 1 aromatic rings. The Morgan fingerprint density at radius 3 is 2.60 bits per heavy atom. The van der Waals surface area contributed by atoms with Crippen LogP contribution >= 0.6 is 0 Å². The van der Waals surface area contributed by atoms with Gasteiger partial charge in [0, 0.05) is 12.5 Å². The number of pyridine rings is 1. The lowest BCUT2D eigenvalue weighted by Gasteiger charge is -2.19. The fourth-order valence-electron chi connectivity index (χ4n) is 1.33. The first kappa shape index (κ1) is 16.1. The summed E-state index contributed by atoms with van der Waals surface area (Å²) in [7, 11) is 1.56. The van der Waals surface area contributed by atoms with Gasteiger partial charge in [-0.25, -0.2) is 0 Å². The van der Waals surface area contributed by atoms with Crippen LogP contribution in [0, 0.1) is 5.41 Å². The number of carbonyl (C=O) groups is 2. The summed E-state index contributed by atoms with van der Waals surface area (Å²) in [4.78, 5) is 27.1. The highest BCUT2D eigenvalue weighted by Gasteiger charge is 2.23. The standard InChI is InChI=1S/C14H20N2O4/c1-14(2,3)13(18)16-11-7-15-8-12(10(11)9-17)20-6-5-19-4/h7-9H,5-6H2,1-4H3,(H,16,18). The fraction of sp³-hybridized carbons (Fsp3) is 0.500. The number of aromatic nitrogens is 1. The van der Waals surface area contributed by atoms with Gasteiger partial charge in [0.15, 0.2) is 6.29 Å². The van der Waals surface area contributed by atoms with Crippen molar-refractivity contribution < 1.29 is 19.1 Å². The Balaban J connectivity index is 2.94. The first-order chi connectivity index (χ1) is 9.40. The molecule has 6 nitrogen and oxygen atoms in total. The Morgan fingerprint density at radius 2 is 2.05 bits per heavy atom. The molecule has 0 spiro atoms. The predicted molar refractivity (Wildman–Crippen MR) is 75.1 cm³/mol. The van der Waals surface area contributed by atoms with Gasteiger partial charge in [0.2, 0.25) is 5.91 Å². The molecule has 1 amide bonds. The number of nitrogens with zero attached hydrogens (tertiary/aromatic N) is 1. The minimum absolute atomic E-state index is 0.198. The monoisotopic (exact) mass is 280 g/mol. The van der Waals surface area contributed by atoms with Gasteiger partial charge in [0.25, 0.3) is 0 Å². The molecule has 1 heterocycles. The van der Waals surface area contributed by atoms with E-state index >= 15 is 0 Å². The average Bonchev–Trinajstić information content (AvgIpc) is 2.38. The third-order valence-electron chi connectivity index (χ3n) is 2.54. The van der Waals surface area contributed by atoms with Crippen LogP contribution in [0.3, 0.4) is 0 Å². The summed E-state index contributed by atoms with van der Waals surface area (Å²) in [5, 5.41) is 2.69. The third-order valence-corrected chi connectivity index (χ3v) is 2.54. The van der Waals surface area contributed by atoms with E-state index < -0.39 is 5.41 Å². The maximum atomic E-state index is 12.0. The van der Waals surface area contributed by atoms with Crippen molar-refractivity contribution in [1.82, 2.24) is 4.98 Å². The fourth-order valence-corrected chi connectivity index (χ4v) is 1.33. The van der Waals surface area contributed by atoms with Crippen molar-refractivity contribution in [3.8, 4) is 5.75 Å². The lowest BCUT2D eigenvalue weighted by Crippen LogP contribution is -2.28. The number of aldehydes is 1. The average molecular weight is 280 g/mol. The van der Waals surface area contributed by atoms with Gasteiger partial charge in [0.1, 0.15) is 12.4 Å². The Morgan fingerprint density at radius 1 is 1.35 bits per heavy atom. The second-order valence-electron chi connectivity index (χ2n) is 5.26. The summed E-state index contributed by atoms with van der Waals surface area (Å²) >= 11 is 0. The highest BCUT2D eigenvalue weighted by atomic mass is 16.5. The summed E-state index contributed by atoms with van der Waals surface area (Å²) < 4.78 is 10.3. The van der Waals surface area contributed by atoms with Crippen molar-refractivity contribution in [3.05, 3.63) is 18.0 Å². The van der Waals surface area contributed by atoms with Crippen LogP contribution in [0.15, 0.2) is 12.4 Å². The van der Waals surface area contributed by atoms with Crippen molar-refractivity contribution in [2.45, 2.75) is 20.8 Å². The Bertz CT molecular complexity index is 481. The van der Waals surface area contributed by atoms with E-state index in [0.29, 0.717) is 30.9 Å². The molecule has 0 radical (unpaired) electrons. The smallest absolute Gasteiger partial charge is 0.229 e. The molecule has 0 saturated carbocycles. The third kappa shape index (κ3) is 4.31. The summed E-state index contributed by atoms with van der Waals surface area (Å²) in [6.07, 6.45) is 3.50. The first-order valence-corrected chi connectivity index (χ1v) is 6.26. The van der Waals surface area contributed by atoms with Crippen molar-refractivity contribution >= 4 is 17.9 Å². The van der Waals surface area contributed by atoms with Crippen LogP contribution in [0.2, 0.25) is 0 Å². The normalized spacial score (nSPS) is 11.0. The van der Waals surface area contributed by atoms with Crippen LogP contribution < -0.4 is 10.1 Å². The van der Waals surface area contributed by atoms with Crippen molar-refractivity contribution in [2.75, 3.05) is 25.6 Å². The SMILES string of the molecule is COCCOc1cncc(NC(=O)C(C)(C)C)c1C=O. The lowest BCUT2D eigenvalue weighted by molar-refractivity contribution is -0.123. The first-order valence-electron chi connectivity index (χ1n) is 6.26. The summed E-state index contributed by atoms with van der Waals surface area (Å²) in [5.74, 6) is 0.125. The van der Waals surface area contributed by atoms with E-state index in [4.69, 9.17) is 9.47 Å². The number of rotatable bonds is 6. The molecule has 0 aliphatic carbocycles. The minimum atomic E-state index is -0.562. The van der Waals surface area contributed by atoms with E-state index in [1.54, 1.807) is 27.9 Å². The Labute approximate surface area is 118 Å². The number of hydrogen-bond donors (Lipinski definition) is 1. The van der Waals surface area contributed by atoms with E-state index in [-0.39, 0.29) is 11.5 Å². The largest absolute Gasteiger partial charge is 0.489 e. The molecule has 0 bridgehead atoms. The van der Waals surface area contributed by atoms with Crippen molar-refractivity contribution in [2.24, 2.45) is 5.41 Å². The van der Waals surface area contributed by atoms with Crippen LogP contribution in [0.1, 0.15) is 31.1 Å². The molecule has 20 heavy (non-hydrogen) atoms. The molecule has 1 rings (SSSR count). The Kier molecular flexibility index (Phi) is 5.64. The maximum Gasteiger partial charge on any atom is 0.229 e. The summed E-state index contributed by atoms with van der Waals surface area (Å²) in [5.41, 5.74) is 0.0520. The van der Waals surface area contributed by atoms with Crippen molar-refractivity contribution in [1.29, 1.82) is 0 Å². The van der Waals surface area contributed by atoms with E-state index in [1.807, 2.05) is 0 Å². The van der Waals surface area contributed by atoms with Gasteiger partial charge in [-0.1, -0.05) is 20.8 Å². The molecule has 0 atom stereocenters. The second kappa shape index (κ2) is 7.00. The zero-order valence-corrected chi connectivity index (χ0v) is 12.2. The maximum absolute atomic E-state index is 12.0. The number of carbonyl (C=O) groups excluding carboxylic acids is 2.